The van der Waals surface area contributed by atoms with Crippen LogP contribution in [0.5, 0.6) is 0 Å². The minimum Gasteiger partial charge on any atom is -0.361 e. The highest BCUT2D eigenvalue weighted by molar-refractivity contribution is 7.15. The van der Waals surface area contributed by atoms with Crippen LogP contribution in [0.3, 0.4) is 0 Å². The lowest BCUT2D eigenvalue weighted by molar-refractivity contribution is -0.115. The van der Waals surface area contributed by atoms with Crippen molar-refractivity contribution < 1.29 is 9.32 Å². The van der Waals surface area contributed by atoms with Crippen molar-refractivity contribution in [1.82, 2.24) is 10.1 Å². The van der Waals surface area contributed by atoms with Crippen molar-refractivity contribution in [3.05, 3.63) is 64.0 Å². The van der Waals surface area contributed by atoms with E-state index in [1.54, 1.807) is 0 Å². The molecule has 0 fully saturated rings. The van der Waals surface area contributed by atoms with Crippen molar-refractivity contribution in [3.8, 4) is 0 Å². The number of thiazole rings is 1. The third-order valence-electron chi connectivity index (χ3n) is 3.54. The first-order chi connectivity index (χ1) is 11.1. The minimum atomic E-state index is -0.111. The summed E-state index contributed by atoms with van der Waals surface area (Å²) in [6, 6.07) is 10.2. The molecule has 23 heavy (non-hydrogen) atoms. The largest absolute Gasteiger partial charge is 0.361 e. The first-order valence-electron chi connectivity index (χ1n) is 7.32. The van der Waals surface area contributed by atoms with Crippen LogP contribution in [0.15, 0.2) is 41.1 Å². The van der Waals surface area contributed by atoms with Gasteiger partial charge in [-0.25, -0.2) is 4.98 Å². The Morgan fingerprint density at radius 2 is 2.04 bits per heavy atom. The molecule has 1 amide bonds. The number of nitrogens with zero attached hydrogens (tertiary/aromatic N) is 2. The summed E-state index contributed by atoms with van der Waals surface area (Å²) >= 11 is 1.49. The van der Waals surface area contributed by atoms with E-state index >= 15 is 0 Å². The molecule has 0 saturated heterocycles. The Hall–Kier alpha value is -2.47. The lowest BCUT2D eigenvalue weighted by atomic mass is 10.1. The van der Waals surface area contributed by atoms with Crippen molar-refractivity contribution in [2.24, 2.45) is 0 Å². The van der Waals surface area contributed by atoms with Gasteiger partial charge in [0.25, 0.3) is 0 Å². The monoisotopic (exact) mass is 327 g/mol. The number of aryl methyl sites for hydroxylation is 2. The number of amides is 1. The molecule has 5 nitrogen and oxygen atoms in total. The zero-order valence-corrected chi connectivity index (χ0v) is 13.8. The molecule has 3 aromatic rings. The van der Waals surface area contributed by atoms with Crippen LogP contribution in [0, 0.1) is 13.8 Å². The van der Waals surface area contributed by atoms with Crippen molar-refractivity contribution in [2.45, 2.75) is 26.7 Å². The maximum atomic E-state index is 12.1. The fraction of sp³-hybridized carbons (Fsp3) is 0.235. The smallest absolute Gasteiger partial charge is 0.230 e. The van der Waals surface area contributed by atoms with Crippen LogP contribution in [0.25, 0.3) is 0 Å². The molecule has 2 heterocycles. The Labute approximate surface area is 138 Å². The Morgan fingerprint density at radius 3 is 2.74 bits per heavy atom. The number of rotatable bonds is 5. The highest BCUT2D eigenvalue weighted by Gasteiger charge is 2.14. The second-order valence-electron chi connectivity index (χ2n) is 5.32. The molecule has 3 rings (SSSR count). The maximum Gasteiger partial charge on any atom is 0.230 e. The number of nitrogens with one attached hydrogen (secondary N) is 1. The van der Waals surface area contributed by atoms with Gasteiger partial charge in [-0.3, -0.25) is 4.79 Å². The summed E-state index contributed by atoms with van der Waals surface area (Å²) in [6.07, 6.45) is 2.87. The average molecular weight is 327 g/mol. The SMILES string of the molecule is Cc1noc(C)c1CC(=O)Nc1ncc(Cc2ccccc2)s1. The molecule has 0 aliphatic heterocycles. The summed E-state index contributed by atoms with van der Waals surface area (Å²) in [5.74, 6) is 0.571. The summed E-state index contributed by atoms with van der Waals surface area (Å²) in [6.45, 7) is 3.64. The van der Waals surface area contributed by atoms with Gasteiger partial charge in [0.05, 0.1) is 12.1 Å². The second-order valence-corrected chi connectivity index (χ2v) is 6.44. The number of hydrogen-bond donors (Lipinski definition) is 1. The van der Waals surface area contributed by atoms with E-state index < -0.39 is 0 Å². The summed E-state index contributed by atoms with van der Waals surface area (Å²) < 4.78 is 5.07. The molecular formula is C17H17N3O2S. The van der Waals surface area contributed by atoms with Crippen LogP contribution in [0.1, 0.15) is 27.5 Å². The van der Waals surface area contributed by atoms with E-state index in [2.05, 4.69) is 27.6 Å². The van der Waals surface area contributed by atoms with E-state index in [0.717, 1.165) is 22.6 Å². The fourth-order valence-corrected chi connectivity index (χ4v) is 3.19. The van der Waals surface area contributed by atoms with E-state index in [-0.39, 0.29) is 12.3 Å². The summed E-state index contributed by atoms with van der Waals surface area (Å²) in [5.41, 5.74) is 2.81. The molecule has 1 aromatic carbocycles. The van der Waals surface area contributed by atoms with Crippen LogP contribution < -0.4 is 5.32 Å². The third-order valence-corrected chi connectivity index (χ3v) is 4.45. The highest BCUT2D eigenvalue weighted by atomic mass is 32.1. The average Bonchev–Trinajstić information content (AvgIpc) is 3.09. The van der Waals surface area contributed by atoms with E-state index in [1.165, 1.54) is 16.9 Å². The molecule has 2 aromatic heterocycles. The van der Waals surface area contributed by atoms with Gasteiger partial charge in [-0.1, -0.05) is 35.5 Å². The number of carbonyl (C=O) groups is 1. The maximum absolute atomic E-state index is 12.1. The molecule has 0 aliphatic carbocycles. The van der Waals surface area contributed by atoms with E-state index in [4.69, 9.17) is 4.52 Å². The standard InChI is InChI=1S/C17H17N3O2S/c1-11-15(12(2)22-20-11)9-16(21)19-17-18-10-14(23-17)8-13-6-4-3-5-7-13/h3-7,10H,8-9H2,1-2H3,(H,18,19,21). The van der Waals surface area contributed by atoms with Crippen molar-refractivity contribution in [2.75, 3.05) is 5.32 Å². The van der Waals surface area contributed by atoms with Gasteiger partial charge in [-0.2, -0.15) is 0 Å². The summed E-state index contributed by atoms with van der Waals surface area (Å²) in [7, 11) is 0. The van der Waals surface area contributed by atoms with Gasteiger partial charge in [0.15, 0.2) is 5.13 Å². The van der Waals surface area contributed by atoms with E-state index in [1.807, 2.05) is 38.2 Å². The normalized spacial score (nSPS) is 10.7. The molecule has 0 bridgehead atoms. The van der Waals surface area contributed by atoms with Gasteiger partial charge in [-0.05, 0) is 19.4 Å². The zero-order valence-electron chi connectivity index (χ0n) is 13.0. The number of benzene rings is 1. The molecule has 0 unspecified atom stereocenters. The van der Waals surface area contributed by atoms with Gasteiger partial charge < -0.3 is 9.84 Å². The predicted molar refractivity (Wildman–Crippen MR) is 89.7 cm³/mol. The highest BCUT2D eigenvalue weighted by Crippen LogP contribution is 2.22. The molecule has 6 heteroatoms. The summed E-state index contributed by atoms with van der Waals surface area (Å²) in [4.78, 5) is 17.5. The van der Waals surface area contributed by atoms with Crippen LogP contribution in [0.4, 0.5) is 5.13 Å². The third kappa shape index (κ3) is 3.84. The predicted octanol–water partition coefficient (Wildman–Crippen LogP) is 3.52. The molecule has 0 atom stereocenters. The molecular weight excluding hydrogens is 310 g/mol. The molecule has 1 N–H and O–H groups in total. The van der Waals surface area contributed by atoms with Crippen molar-refractivity contribution >= 4 is 22.4 Å². The van der Waals surface area contributed by atoms with Crippen LogP contribution in [-0.4, -0.2) is 16.0 Å². The summed E-state index contributed by atoms with van der Waals surface area (Å²) in [5, 5.41) is 7.32. The minimum absolute atomic E-state index is 0.111. The van der Waals surface area contributed by atoms with Gasteiger partial charge in [0.1, 0.15) is 5.76 Å². The van der Waals surface area contributed by atoms with Crippen LogP contribution in [-0.2, 0) is 17.6 Å². The lowest BCUT2D eigenvalue weighted by Gasteiger charge is -2.01. The Kier molecular flexibility index (Phi) is 4.52. The second kappa shape index (κ2) is 6.75. The molecule has 0 aliphatic rings. The fourth-order valence-electron chi connectivity index (χ4n) is 2.32. The number of aromatic nitrogens is 2. The Bertz CT molecular complexity index is 789. The number of hydrogen-bond acceptors (Lipinski definition) is 5. The molecule has 0 radical (unpaired) electrons. The first-order valence-corrected chi connectivity index (χ1v) is 8.13. The van der Waals surface area contributed by atoms with Gasteiger partial charge in [0, 0.05) is 23.1 Å². The molecule has 0 spiro atoms. The van der Waals surface area contributed by atoms with Crippen LogP contribution in [0.2, 0.25) is 0 Å². The van der Waals surface area contributed by atoms with Gasteiger partial charge >= 0.3 is 0 Å². The lowest BCUT2D eigenvalue weighted by Crippen LogP contribution is -2.14. The van der Waals surface area contributed by atoms with Crippen molar-refractivity contribution in [3.63, 3.8) is 0 Å². The quantitative estimate of drug-likeness (QED) is 0.778. The molecule has 0 saturated carbocycles. The molecule has 118 valence electrons. The van der Waals surface area contributed by atoms with Gasteiger partial charge in [0.2, 0.25) is 5.91 Å². The topological polar surface area (TPSA) is 68.0 Å². The zero-order chi connectivity index (χ0) is 16.2. The number of carbonyl (C=O) groups excluding carboxylic acids is 1. The van der Waals surface area contributed by atoms with Gasteiger partial charge in [-0.15, -0.1) is 11.3 Å². The number of anilines is 1. The van der Waals surface area contributed by atoms with Crippen molar-refractivity contribution in [1.29, 1.82) is 0 Å². The van der Waals surface area contributed by atoms with E-state index in [9.17, 15) is 4.79 Å². The van der Waals surface area contributed by atoms with E-state index in [0.29, 0.717) is 10.9 Å². The Morgan fingerprint density at radius 1 is 1.26 bits per heavy atom. The van der Waals surface area contributed by atoms with Crippen LogP contribution >= 0.6 is 11.3 Å². The first kappa shape index (κ1) is 15.4. The Balaban J connectivity index is 1.61.